The molecule has 0 bridgehead atoms. The van der Waals surface area contributed by atoms with Gasteiger partial charge in [0.15, 0.2) is 0 Å². The Hall–Kier alpha value is -0.420. The number of rotatable bonds is 4. The van der Waals surface area contributed by atoms with Gasteiger partial charge >= 0.3 is 0 Å². The molecule has 0 spiro atoms. The van der Waals surface area contributed by atoms with E-state index in [1.54, 1.807) is 11.8 Å². The van der Waals surface area contributed by atoms with Gasteiger partial charge < -0.3 is 10.5 Å². The number of thioether (sulfide) groups is 1. The molecule has 17 heavy (non-hydrogen) atoms. The molecular formula is C12H17ClN2OS. The van der Waals surface area contributed by atoms with Crippen LogP contribution in [0.3, 0.4) is 0 Å². The summed E-state index contributed by atoms with van der Waals surface area (Å²) < 4.78 is 5.31. The SMILES string of the molecule is Nc1cccc(Cl)c1SCCN1CCOCC1. The lowest BCUT2D eigenvalue weighted by molar-refractivity contribution is 0.0410. The van der Waals surface area contributed by atoms with Gasteiger partial charge in [0.05, 0.1) is 18.2 Å². The van der Waals surface area contributed by atoms with Gasteiger partial charge in [-0.05, 0) is 12.1 Å². The van der Waals surface area contributed by atoms with Gasteiger partial charge in [0.1, 0.15) is 0 Å². The summed E-state index contributed by atoms with van der Waals surface area (Å²) in [6, 6.07) is 5.65. The smallest absolute Gasteiger partial charge is 0.0594 e. The second-order valence-electron chi connectivity index (χ2n) is 3.96. The van der Waals surface area contributed by atoms with Crippen LogP contribution in [-0.2, 0) is 4.74 Å². The minimum Gasteiger partial charge on any atom is -0.398 e. The van der Waals surface area contributed by atoms with Crippen LogP contribution in [0.15, 0.2) is 23.1 Å². The van der Waals surface area contributed by atoms with Crippen LogP contribution in [0.25, 0.3) is 0 Å². The Balaban J connectivity index is 1.81. The first-order valence-electron chi connectivity index (χ1n) is 5.74. The maximum absolute atomic E-state index is 6.12. The average molecular weight is 273 g/mol. The standard InChI is InChI=1S/C12H17ClN2OS/c13-10-2-1-3-11(14)12(10)17-9-6-15-4-7-16-8-5-15/h1-3H,4-9,14H2. The van der Waals surface area contributed by atoms with Gasteiger partial charge in [-0.15, -0.1) is 11.8 Å². The zero-order chi connectivity index (χ0) is 12.1. The molecule has 2 N–H and O–H groups in total. The van der Waals surface area contributed by atoms with E-state index in [0.717, 1.165) is 54.2 Å². The third kappa shape index (κ3) is 3.78. The molecule has 1 aliphatic heterocycles. The van der Waals surface area contributed by atoms with Gasteiger partial charge in [-0.2, -0.15) is 0 Å². The van der Waals surface area contributed by atoms with Crippen LogP contribution in [0.2, 0.25) is 5.02 Å². The van der Waals surface area contributed by atoms with Crippen LogP contribution < -0.4 is 5.73 Å². The molecule has 1 aromatic rings. The molecule has 2 rings (SSSR count). The van der Waals surface area contributed by atoms with Gasteiger partial charge in [-0.3, -0.25) is 4.90 Å². The van der Waals surface area contributed by atoms with E-state index in [-0.39, 0.29) is 0 Å². The van der Waals surface area contributed by atoms with Crippen LogP contribution >= 0.6 is 23.4 Å². The Kier molecular flexibility index (Phi) is 4.98. The van der Waals surface area contributed by atoms with Gasteiger partial charge in [0.25, 0.3) is 0 Å². The molecule has 3 nitrogen and oxygen atoms in total. The Morgan fingerprint density at radius 2 is 2.12 bits per heavy atom. The van der Waals surface area contributed by atoms with Crippen LogP contribution in [0.5, 0.6) is 0 Å². The minimum atomic E-state index is 0.747. The molecule has 1 saturated heterocycles. The van der Waals surface area contributed by atoms with Crippen molar-refractivity contribution in [1.29, 1.82) is 0 Å². The average Bonchev–Trinajstić information content (AvgIpc) is 2.34. The summed E-state index contributed by atoms with van der Waals surface area (Å²) in [6.07, 6.45) is 0. The van der Waals surface area contributed by atoms with E-state index in [2.05, 4.69) is 4.90 Å². The highest BCUT2D eigenvalue weighted by Gasteiger charge is 2.11. The zero-order valence-electron chi connectivity index (χ0n) is 9.69. The third-order valence-corrected chi connectivity index (χ3v) is 4.31. The van der Waals surface area contributed by atoms with E-state index in [1.165, 1.54) is 0 Å². The summed E-state index contributed by atoms with van der Waals surface area (Å²) in [5.74, 6) is 1.01. The molecule has 1 heterocycles. The van der Waals surface area contributed by atoms with E-state index < -0.39 is 0 Å². The maximum Gasteiger partial charge on any atom is 0.0594 e. The van der Waals surface area contributed by atoms with E-state index in [4.69, 9.17) is 22.1 Å². The Bertz CT molecular complexity index is 349. The second kappa shape index (κ2) is 6.50. The van der Waals surface area contributed by atoms with E-state index >= 15 is 0 Å². The van der Waals surface area contributed by atoms with Crippen molar-refractivity contribution in [2.75, 3.05) is 44.3 Å². The molecule has 0 aromatic heterocycles. The summed E-state index contributed by atoms with van der Waals surface area (Å²) in [7, 11) is 0. The first kappa shape index (κ1) is 13.0. The quantitative estimate of drug-likeness (QED) is 0.675. The number of anilines is 1. The lowest BCUT2D eigenvalue weighted by atomic mass is 10.3. The van der Waals surface area contributed by atoms with Crippen LogP contribution in [0.1, 0.15) is 0 Å². The normalized spacial score (nSPS) is 17.2. The number of nitrogen functional groups attached to an aromatic ring is 1. The Morgan fingerprint density at radius 3 is 2.82 bits per heavy atom. The third-order valence-electron chi connectivity index (χ3n) is 2.76. The van der Waals surface area contributed by atoms with Crippen LogP contribution in [-0.4, -0.2) is 43.5 Å². The summed E-state index contributed by atoms with van der Waals surface area (Å²) in [6.45, 7) is 4.80. The summed E-state index contributed by atoms with van der Waals surface area (Å²) in [5.41, 5.74) is 6.67. The van der Waals surface area contributed by atoms with Crippen LogP contribution in [0, 0.1) is 0 Å². The summed E-state index contributed by atoms with van der Waals surface area (Å²) in [5, 5.41) is 0.747. The molecule has 1 aliphatic rings. The van der Waals surface area contributed by atoms with Crippen molar-refractivity contribution in [3.8, 4) is 0 Å². The Labute approximate surface area is 111 Å². The fourth-order valence-electron chi connectivity index (χ4n) is 1.78. The van der Waals surface area contributed by atoms with E-state index in [0.29, 0.717) is 0 Å². The van der Waals surface area contributed by atoms with Crippen molar-refractivity contribution in [3.05, 3.63) is 23.2 Å². The minimum absolute atomic E-state index is 0.747. The Morgan fingerprint density at radius 1 is 1.35 bits per heavy atom. The first-order chi connectivity index (χ1) is 8.27. The van der Waals surface area contributed by atoms with Crippen LogP contribution in [0.4, 0.5) is 5.69 Å². The van der Waals surface area contributed by atoms with E-state index in [1.807, 2.05) is 18.2 Å². The number of ether oxygens (including phenoxy) is 1. The predicted molar refractivity (Wildman–Crippen MR) is 73.8 cm³/mol. The van der Waals surface area contributed by atoms with Gasteiger partial charge in [0, 0.05) is 36.0 Å². The zero-order valence-corrected chi connectivity index (χ0v) is 11.3. The lowest BCUT2D eigenvalue weighted by Crippen LogP contribution is -2.37. The molecule has 0 radical (unpaired) electrons. The predicted octanol–water partition coefficient (Wildman–Crippen LogP) is 2.35. The fourth-order valence-corrected chi connectivity index (χ4v) is 3.12. The summed E-state index contributed by atoms with van der Waals surface area (Å²) >= 11 is 7.84. The molecule has 0 unspecified atom stereocenters. The molecule has 94 valence electrons. The first-order valence-corrected chi connectivity index (χ1v) is 7.10. The topological polar surface area (TPSA) is 38.5 Å². The molecule has 1 aromatic carbocycles. The van der Waals surface area contributed by atoms with Crippen molar-refractivity contribution in [2.24, 2.45) is 0 Å². The molecule has 0 saturated carbocycles. The number of benzene rings is 1. The number of halogens is 1. The fraction of sp³-hybridized carbons (Fsp3) is 0.500. The van der Waals surface area contributed by atoms with Crippen molar-refractivity contribution in [1.82, 2.24) is 4.90 Å². The highest BCUT2D eigenvalue weighted by molar-refractivity contribution is 7.99. The molecule has 1 fully saturated rings. The highest BCUT2D eigenvalue weighted by Crippen LogP contribution is 2.32. The van der Waals surface area contributed by atoms with E-state index in [9.17, 15) is 0 Å². The molecular weight excluding hydrogens is 256 g/mol. The number of morpholine rings is 1. The number of hydrogen-bond acceptors (Lipinski definition) is 4. The van der Waals surface area contributed by atoms with Gasteiger partial charge in [-0.1, -0.05) is 17.7 Å². The second-order valence-corrected chi connectivity index (χ2v) is 5.47. The molecule has 5 heteroatoms. The maximum atomic E-state index is 6.12. The van der Waals surface area contributed by atoms with Gasteiger partial charge in [-0.25, -0.2) is 0 Å². The van der Waals surface area contributed by atoms with Crippen molar-refractivity contribution in [3.63, 3.8) is 0 Å². The van der Waals surface area contributed by atoms with Crippen molar-refractivity contribution in [2.45, 2.75) is 4.90 Å². The molecule has 0 aliphatic carbocycles. The number of nitrogens with two attached hydrogens (primary N) is 1. The number of nitrogens with zero attached hydrogens (tertiary/aromatic N) is 1. The summed E-state index contributed by atoms with van der Waals surface area (Å²) in [4.78, 5) is 3.41. The monoisotopic (exact) mass is 272 g/mol. The highest BCUT2D eigenvalue weighted by atomic mass is 35.5. The molecule has 0 amide bonds. The number of hydrogen-bond donors (Lipinski definition) is 1. The van der Waals surface area contributed by atoms with Crippen molar-refractivity contribution < 1.29 is 4.74 Å². The van der Waals surface area contributed by atoms with Crippen molar-refractivity contribution >= 4 is 29.1 Å². The van der Waals surface area contributed by atoms with Gasteiger partial charge in [0.2, 0.25) is 0 Å². The lowest BCUT2D eigenvalue weighted by Gasteiger charge is -2.26. The largest absolute Gasteiger partial charge is 0.398 e. The molecule has 0 atom stereocenters.